The lowest BCUT2D eigenvalue weighted by Gasteiger charge is -2.57. The van der Waals surface area contributed by atoms with Gasteiger partial charge in [0.15, 0.2) is 0 Å². The van der Waals surface area contributed by atoms with E-state index in [1.54, 1.807) is 36.4 Å². The van der Waals surface area contributed by atoms with Crippen molar-refractivity contribution in [3.63, 3.8) is 0 Å². The van der Waals surface area contributed by atoms with E-state index in [0.717, 1.165) is 22.1 Å². The number of rotatable bonds is 8. The first-order valence-electron chi connectivity index (χ1n) is 13.6. The first-order chi connectivity index (χ1) is 18.7. The molecule has 7 rings (SSSR count). The van der Waals surface area contributed by atoms with E-state index in [2.05, 4.69) is 17.4 Å². The highest BCUT2D eigenvalue weighted by Crippen LogP contribution is 2.60. The summed E-state index contributed by atoms with van der Waals surface area (Å²) in [7, 11) is -2.52. The van der Waals surface area contributed by atoms with Crippen LogP contribution in [0.15, 0.2) is 77.7 Å². The first kappa shape index (κ1) is 26.2. The van der Waals surface area contributed by atoms with Gasteiger partial charge in [-0.1, -0.05) is 23.7 Å². The molecule has 3 aromatic carbocycles. The highest BCUT2D eigenvalue weighted by molar-refractivity contribution is 7.92. The highest BCUT2D eigenvalue weighted by atomic mass is 35.5. The van der Waals surface area contributed by atoms with Crippen LogP contribution in [-0.4, -0.2) is 28.0 Å². The fourth-order valence-corrected chi connectivity index (χ4v) is 9.05. The molecular weight excluding hydrogens is 532 g/mol. The quantitative estimate of drug-likeness (QED) is 0.332. The van der Waals surface area contributed by atoms with E-state index in [-0.39, 0.29) is 16.9 Å². The number of hydrogen-bond acceptors (Lipinski definition) is 4. The zero-order valence-corrected chi connectivity index (χ0v) is 23.5. The molecule has 3 aromatic rings. The number of nitrogens with one attached hydrogen (secondary N) is 1. The van der Waals surface area contributed by atoms with Crippen molar-refractivity contribution in [2.45, 2.75) is 48.8 Å². The van der Waals surface area contributed by atoms with Crippen molar-refractivity contribution in [2.24, 2.45) is 17.8 Å². The second-order valence-corrected chi connectivity index (χ2v) is 13.8. The first-order valence-corrected chi connectivity index (χ1v) is 15.4. The highest BCUT2D eigenvalue weighted by Gasteiger charge is 2.51. The molecule has 4 saturated carbocycles. The van der Waals surface area contributed by atoms with Crippen LogP contribution in [0.1, 0.15) is 44.1 Å². The number of halogens is 1. The van der Waals surface area contributed by atoms with Gasteiger partial charge in [0.1, 0.15) is 12.3 Å². The van der Waals surface area contributed by atoms with Crippen LogP contribution >= 0.6 is 11.6 Å². The smallest absolute Gasteiger partial charge is 0.264 e. The molecule has 0 aliphatic heterocycles. The van der Waals surface area contributed by atoms with Crippen LogP contribution in [0, 0.1) is 17.8 Å². The summed E-state index contributed by atoms with van der Waals surface area (Å²) in [5.74, 6) is 2.71. The van der Waals surface area contributed by atoms with Crippen LogP contribution < -0.4 is 14.4 Å². The largest absolute Gasteiger partial charge is 0.497 e. The summed E-state index contributed by atoms with van der Waals surface area (Å²) in [4.78, 5) is 13.2. The van der Waals surface area contributed by atoms with E-state index < -0.39 is 15.9 Å². The molecule has 8 heteroatoms. The summed E-state index contributed by atoms with van der Waals surface area (Å²) in [6.45, 7) is -0.382. The van der Waals surface area contributed by atoms with Gasteiger partial charge in [-0.25, -0.2) is 8.42 Å². The molecule has 6 nitrogen and oxygen atoms in total. The minimum Gasteiger partial charge on any atom is -0.497 e. The van der Waals surface area contributed by atoms with Gasteiger partial charge >= 0.3 is 0 Å². The maximum absolute atomic E-state index is 13.6. The van der Waals surface area contributed by atoms with Gasteiger partial charge in [-0.15, -0.1) is 0 Å². The third-order valence-corrected chi connectivity index (χ3v) is 10.9. The molecule has 39 heavy (non-hydrogen) atoms. The van der Waals surface area contributed by atoms with Crippen LogP contribution in [0.25, 0.3) is 0 Å². The summed E-state index contributed by atoms with van der Waals surface area (Å²) in [6.07, 6.45) is 8.04. The molecular formula is C31H33ClN2O4S. The Morgan fingerprint density at radius 3 is 2.00 bits per heavy atom. The Labute approximate surface area is 235 Å². The normalized spacial score (nSPS) is 25.3. The summed E-state index contributed by atoms with van der Waals surface area (Å²) < 4.78 is 33.5. The number of amides is 1. The second kappa shape index (κ2) is 10.2. The fraction of sp³-hybridized carbons (Fsp3) is 0.387. The lowest BCUT2D eigenvalue weighted by molar-refractivity contribution is -0.114. The average molecular weight is 565 g/mol. The van der Waals surface area contributed by atoms with Gasteiger partial charge in [0, 0.05) is 10.7 Å². The predicted octanol–water partition coefficient (Wildman–Crippen LogP) is 6.65. The molecule has 0 atom stereocenters. The number of nitrogens with zero attached hydrogens (tertiary/aromatic N) is 1. The molecule has 1 N–H and O–H groups in total. The molecule has 4 aliphatic carbocycles. The zero-order chi connectivity index (χ0) is 27.2. The SMILES string of the molecule is COc1ccc(S(=O)(=O)N(CC(=O)Nc2ccc(C34CC5CC(CC(C5)C3)C4)cc2)c2ccc(Cl)cc2)cc1. The van der Waals surface area contributed by atoms with E-state index in [1.165, 1.54) is 63.3 Å². The van der Waals surface area contributed by atoms with E-state index >= 15 is 0 Å². The summed E-state index contributed by atoms with van der Waals surface area (Å²) >= 11 is 6.04. The molecule has 4 fully saturated rings. The standard InChI is InChI=1S/C31H33ClN2O4S/c1-38-28-10-12-29(13-11-28)39(36,37)34(27-8-4-25(32)5-9-27)20-30(35)33-26-6-2-24(3-7-26)31-17-21-14-22(18-31)16-23(15-21)19-31/h2-13,21-23H,14-20H2,1H3,(H,33,35). The van der Waals surface area contributed by atoms with E-state index in [4.69, 9.17) is 16.3 Å². The third kappa shape index (κ3) is 5.14. The molecule has 0 aromatic heterocycles. The molecule has 4 aliphatic rings. The Morgan fingerprint density at radius 1 is 0.897 bits per heavy atom. The van der Waals surface area contributed by atoms with Gasteiger partial charge in [-0.05, 0) is 128 Å². The van der Waals surface area contributed by atoms with Gasteiger partial charge < -0.3 is 10.1 Å². The van der Waals surface area contributed by atoms with Crippen molar-refractivity contribution < 1.29 is 17.9 Å². The average Bonchev–Trinajstić information content (AvgIpc) is 2.92. The van der Waals surface area contributed by atoms with Gasteiger partial charge in [0.2, 0.25) is 5.91 Å². The lowest BCUT2D eigenvalue weighted by Crippen LogP contribution is -2.48. The van der Waals surface area contributed by atoms with Gasteiger partial charge in [0.05, 0.1) is 17.7 Å². The number of hydrogen-bond donors (Lipinski definition) is 1. The molecule has 4 bridgehead atoms. The van der Waals surface area contributed by atoms with Gasteiger partial charge in [-0.3, -0.25) is 9.10 Å². The zero-order valence-electron chi connectivity index (χ0n) is 22.0. The van der Waals surface area contributed by atoms with Crippen molar-refractivity contribution in [1.29, 1.82) is 0 Å². The van der Waals surface area contributed by atoms with Crippen LogP contribution in [-0.2, 0) is 20.2 Å². The summed E-state index contributed by atoms with van der Waals surface area (Å²) in [5, 5.41) is 3.38. The van der Waals surface area contributed by atoms with Crippen molar-refractivity contribution in [1.82, 2.24) is 0 Å². The van der Waals surface area contributed by atoms with Crippen molar-refractivity contribution in [3.8, 4) is 5.75 Å². The van der Waals surface area contributed by atoms with Crippen LogP contribution in [0.4, 0.5) is 11.4 Å². The number of ether oxygens (including phenoxy) is 1. The molecule has 0 radical (unpaired) electrons. The Balaban J connectivity index is 1.20. The topological polar surface area (TPSA) is 75.7 Å². The van der Waals surface area contributed by atoms with E-state index in [0.29, 0.717) is 22.1 Å². The fourth-order valence-electron chi connectivity index (χ4n) is 7.50. The third-order valence-electron chi connectivity index (χ3n) is 8.87. The number of sulfonamides is 1. The second-order valence-electron chi connectivity index (χ2n) is 11.5. The number of benzene rings is 3. The molecule has 0 saturated heterocycles. The summed E-state index contributed by atoms with van der Waals surface area (Å²) in [6, 6.07) is 20.7. The number of anilines is 2. The maximum Gasteiger partial charge on any atom is 0.264 e. The monoisotopic (exact) mass is 564 g/mol. The van der Waals surface area contributed by atoms with Crippen LogP contribution in [0.2, 0.25) is 5.02 Å². The molecule has 0 heterocycles. The molecule has 0 spiro atoms. The van der Waals surface area contributed by atoms with Gasteiger partial charge in [0.25, 0.3) is 10.0 Å². The molecule has 204 valence electrons. The Hall–Kier alpha value is -3.03. The lowest BCUT2D eigenvalue weighted by atomic mass is 9.48. The molecule has 0 unspecified atom stereocenters. The number of carbonyl (C=O) groups is 1. The van der Waals surface area contributed by atoms with Crippen LogP contribution in [0.3, 0.4) is 0 Å². The Kier molecular flexibility index (Phi) is 6.84. The maximum atomic E-state index is 13.6. The number of carbonyl (C=O) groups excluding carboxylic acids is 1. The molecule has 1 amide bonds. The van der Waals surface area contributed by atoms with Crippen molar-refractivity contribution >= 4 is 38.9 Å². The minimum absolute atomic E-state index is 0.0611. The van der Waals surface area contributed by atoms with Gasteiger partial charge in [-0.2, -0.15) is 0 Å². The minimum atomic E-state index is -4.04. The van der Waals surface area contributed by atoms with Crippen molar-refractivity contribution in [2.75, 3.05) is 23.3 Å². The summed E-state index contributed by atoms with van der Waals surface area (Å²) in [5.41, 5.74) is 2.67. The number of methoxy groups -OCH3 is 1. The van der Waals surface area contributed by atoms with E-state index in [9.17, 15) is 13.2 Å². The van der Waals surface area contributed by atoms with E-state index in [1.807, 2.05) is 12.1 Å². The Bertz CT molecular complexity index is 1420. The Morgan fingerprint density at radius 2 is 1.46 bits per heavy atom. The van der Waals surface area contributed by atoms with Crippen molar-refractivity contribution in [3.05, 3.63) is 83.4 Å². The predicted molar refractivity (Wildman–Crippen MR) is 154 cm³/mol. The van der Waals surface area contributed by atoms with Crippen LogP contribution in [0.5, 0.6) is 5.75 Å².